The van der Waals surface area contributed by atoms with Gasteiger partial charge in [-0.15, -0.1) is 11.3 Å². The number of aryl methyl sites for hydroxylation is 1. The third kappa shape index (κ3) is 2.62. The zero-order valence-corrected chi connectivity index (χ0v) is 18.2. The van der Waals surface area contributed by atoms with Crippen LogP contribution in [0.1, 0.15) is 55.0 Å². The fourth-order valence-electron chi connectivity index (χ4n) is 5.27. The third-order valence-electron chi connectivity index (χ3n) is 7.05. The van der Waals surface area contributed by atoms with Gasteiger partial charge >= 0.3 is 0 Å². The van der Waals surface area contributed by atoms with Crippen molar-refractivity contribution in [3.05, 3.63) is 40.3 Å². The minimum absolute atomic E-state index is 0.152. The number of amides is 2. The predicted molar refractivity (Wildman–Crippen MR) is 115 cm³/mol. The van der Waals surface area contributed by atoms with E-state index in [0.29, 0.717) is 16.5 Å². The van der Waals surface area contributed by atoms with Gasteiger partial charge in [-0.2, -0.15) is 5.26 Å². The van der Waals surface area contributed by atoms with Gasteiger partial charge in [0.25, 0.3) is 0 Å². The molecular formula is C24H24N2O3S. The Labute approximate surface area is 180 Å². The fraction of sp³-hybridized carbons (Fsp3) is 0.458. The second kappa shape index (κ2) is 7.04. The Morgan fingerprint density at radius 2 is 1.77 bits per heavy atom. The van der Waals surface area contributed by atoms with Crippen molar-refractivity contribution in [1.29, 1.82) is 5.26 Å². The van der Waals surface area contributed by atoms with Gasteiger partial charge in [0.15, 0.2) is 0 Å². The molecule has 5 rings (SSSR count). The van der Waals surface area contributed by atoms with Gasteiger partial charge in [0.05, 0.1) is 29.6 Å². The molecule has 30 heavy (non-hydrogen) atoms. The molecule has 5 nitrogen and oxygen atoms in total. The molecule has 5 atom stereocenters. The van der Waals surface area contributed by atoms with Crippen LogP contribution in [0.25, 0.3) is 11.1 Å². The molecule has 2 aromatic rings. The van der Waals surface area contributed by atoms with E-state index in [4.69, 9.17) is 4.74 Å². The third-order valence-corrected chi connectivity index (χ3v) is 8.14. The Hall–Kier alpha value is -2.49. The van der Waals surface area contributed by atoms with Crippen molar-refractivity contribution < 1.29 is 14.3 Å². The van der Waals surface area contributed by atoms with E-state index < -0.39 is 0 Å². The van der Waals surface area contributed by atoms with Gasteiger partial charge in [-0.3, -0.25) is 9.59 Å². The molecule has 0 N–H and O–H groups in total. The number of hydrogen-bond acceptors (Lipinski definition) is 5. The molecule has 1 aromatic heterocycles. The van der Waals surface area contributed by atoms with Gasteiger partial charge in [0.2, 0.25) is 11.8 Å². The van der Waals surface area contributed by atoms with Crippen LogP contribution in [0.15, 0.2) is 24.3 Å². The molecule has 0 saturated carbocycles. The fourth-order valence-corrected chi connectivity index (χ4v) is 6.40. The quantitative estimate of drug-likeness (QED) is 0.668. The summed E-state index contributed by atoms with van der Waals surface area (Å²) in [6.45, 7) is 6.31. The molecular weight excluding hydrogens is 396 g/mol. The van der Waals surface area contributed by atoms with Crippen LogP contribution in [0.2, 0.25) is 0 Å². The predicted octanol–water partition coefficient (Wildman–Crippen LogP) is 4.78. The lowest BCUT2D eigenvalue weighted by molar-refractivity contribution is -0.124. The summed E-state index contributed by atoms with van der Waals surface area (Å²) >= 11 is 1.36. The zero-order chi connectivity index (χ0) is 21.2. The normalized spacial score (nSPS) is 28.1. The van der Waals surface area contributed by atoms with Crippen LogP contribution >= 0.6 is 11.3 Å². The number of hydrogen-bond donors (Lipinski definition) is 0. The highest BCUT2D eigenvalue weighted by molar-refractivity contribution is 7.17. The van der Waals surface area contributed by atoms with E-state index in [1.165, 1.54) is 21.8 Å². The Morgan fingerprint density at radius 3 is 2.30 bits per heavy atom. The van der Waals surface area contributed by atoms with Crippen LogP contribution in [0.4, 0.5) is 5.00 Å². The summed E-state index contributed by atoms with van der Waals surface area (Å²) in [6.07, 6.45) is 2.43. The Morgan fingerprint density at radius 1 is 1.17 bits per heavy atom. The zero-order valence-electron chi connectivity index (χ0n) is 17.3. The van der Waals surface area contributed by atoms with Crippen LogP contribution in [-0.4, -0.2) is 24.0 Å². The number of rotatable bonds is 4. The summed E-state index contributed by atoms with van der Waals surface area (Å²) in [7, 11) is 0. The average Bonchev–Trinajstić information content (AvgIpc) is 3.50. The maximum absolute atomic E-state index is 13.2. The van der Waals surface area contributed by atoms with Gasteiger partial charge in [0, 0.05) is 10.4 Å². The highest BCUT2D eigenvalue weighted by Crippen LogP contribution is 2.52. The molecule has 154 valence electrons. The first-order chi connectivity index (χ1) is 14.5. The van der Waals surface area contributed by atoms with E-state index in [0.717, 1.165) is 35.3 Å². The molecule has 0 radical (unpaired) electrons. The summed E-state index contributed by atoms with van der Waals surface area (Å²) < 4.78 is 5.83. The SMILES string of the molecule is CC[C@H](C)c1ccc(-c2c(C)sc(N3C(=O)[C@@H]4[C@H](C3=O)[C@H]3CC[C@H]4O3)c2C#N)cc1. The molecule has 2 amide bonds. The lowest BCUT2D eigenvalue weighted by atomic mass is 9.81. The Balaban J connectivity index is 1.55. The molecule has 1 aromatic carbocycles. The molecule has 0 aliphatic carbocycles. The number of nitriles is 1. The highest BCUT2D eigenvalue weighted by atomic mass is 32.1. The van der Waals surface area contributed by atoms with Gasteiger partial charge in [-0.05, 0) is 43.2 Å². The molecule has 6 heteroatoms. The second-order valence-electron chi connectivity index (χ2n) is 8.61. The monoisotopic (exact) mass is 420 g/mol. The average molecular weight is 421 g/mol. The summed E-state index contributed by atoms with van der Waals surface area (Å²) in [5.74, 6) is -0.695. The van der Waals surface area contributed by atoms with E-state index in [9.17, 15) is 14.9 Å². The number of benzene rings is 1. The number of fused-ring (bicyclic) bond motifs is 5. The summed E-state index contributed by atoms with van der Waals surface area (Å²) in [5, 5.41) is 10.5. The standard InChI is InChI=1S/C24H24N2O3S/c1-4-12(2)14-5-7-15(8-6-14)19-13(3)30-24(16(19)11-25)26-22(27)20-17-9-10-18(29-17)21(20)23(26)28/h5-8,12,17-18,20-21H,4,9-10H2,1-3H3/t12-,17+,18+,20-,21+/m0/s1. The second-order valence-corrected chi connectivity index (χ2v) is 9.81. The number of imide groups is 1. The van der Waals surface area contributed by atoms with Crippen LogP contribution in [-0.2, 0) is 14.3 Å². The van der Waals surface area contributed by atoms with Gasteiger partial charge in [-0.1, -0.05) is 38.1 Å². The summed E-state index contributed by atoms with van der Waals surface area (Å²) in [4.78, 5) is 28.6. The van der Waals surface area contributed by atoms with Gasteiger partial charge < -0.3 is 4.74 Å². The van der Waals surface area contributed by atoms with Crippen LogP contribution < -0.4 is 4.90 Å². The first kappa shape index (κ1) is 19.5. The van der Waals surface area contributed by atoms with Crippen molar-refractivity contribution in [1.82, 2.24) is 0 Å². The molecule has 3 aliphatic heterocycles. The van der Waals surface area contributed by atoms with Crippen molar-refractivity contribution in [3.63, 3.8) is 0 Å². The largest absolute Gasteiger partial charge is 0.373 e. The lowest BCUT2D eigenvalue weighted by Crippen LogP contribution is -2.34. The van der Waals surface area contributed by atoms with E-state index in [-0.39, 0.29) is 35.9 Å². The topological polar surface area (TPSA) is 70.4 Å². The first-order valence-electron chi connectivity index (χ1n) is 10.6. The Kier molecular flexibility index (Phi) is 4.57. The number of anilines is 1. The number of carbonyl (C=O) groups excluding carboxylic acids is 2. The number of ether oxygens (including phenoxy) is 1. The van der Waals surface area contributed by atoms with E-state index >= 15 is 0 Å². The molecule has 3 fully saturated rings. The first-order valence-corrected chi connectivity index (χ1v) is 11.4. The van der Waals surface area contributed by atoms with Crippen LogP contribution in [0.3, 0.4) is 0 Å². The number of nitrogens with zero attached hydrogens (tertiary/aromatic N) is 2. The molecule has 4 heterocycles. The molecule has 3 aliphatic rings. The minimum Gasteiger partial charge on any atom is -0.373 e. The maximum Gasteiger partial charge on any atom is 0.241 e. The highest BCUT2D eigenvalue weighted by Gasteiger charge is 2.63. The molecule has 2 bridgehead atoms. The van der Waals surface area contributed by atoms with Crippen molar-refractivity contribution in [3.8, 4) is 17.2 Å². The minimum atomic E-state index is -0.386. The van der Waals surface area contributed by atoms with E-state index in [2.05, 4.69) is 32.0 Å². The molecule has 0 spiro atoms. The van der Waals surface area contributed by atoms with Crippen molar-refractivity contribution in [2.75, 3.05) is 4.90 Å². The van der Waals surface area contributed by atoms with Crippen molar-refractivity contribution >= 4 is 28.2 Å². The number of carbonyl (C=O) groups is 2. The van der Waals surface area contributed by atoms with Crippen molar-refractivity contribution in [2.24, 2.45) is 11.8 Å². The number of thiophene rings is 1. The molecule has 3 saturated heterocycles. The smallest absolute Gasteiger partial charge is 0.241 e. The summed E-state index contributed by atoms with van der Waals surface area (Å²) in [5.41, 5.74) is 3.45. The van der Waals surface area contributed by atoms with Crippen LogP contribution in [0, 0.1) is 30.1 Å². The maximum atomic E-state index is 13.2. The van der Waals surface area contributed by atoms with Gasteiger partial charge in [0.1, 0.15) is 11.1 Å². The van der Waals surface area contributed by atoms with Crippen LogP contribution in [0.5, 0.6) is 0 Å². The van der Waals surface area contributed by atoms with E-state index in [1.807, 2.05) is 19.1 Å². The van der Waals surface area contributed by atoms with Gasteiger partial charge in [-0.25, -0.2) is 4.90 Å². The lowest BCUT2D eigenvalue weighted by Gasteiger charge is -2.16. The molecule has 0 unspecified atom stereocenters. The van der Waals surface area contributed by atoms with Crippen molar-refractivity contribution in [2.45, 2.75) is 58.2 Å². The van der Waals surface area contributed by atoms with E-state index in [1.54, 1.807) is 0 Å². The Bertz CT molecular complexity index is 1050. The summed E-state index contributed by atoms with van der Waals surface area (Å²) in [6, 6.07) is 10.6.